The molecule has 5 nitrogen and oxygen atoms in total. The lowest BCUT2D eigenvalue weighted by atomic mass is 9.78. The average Bonchev–Trinajstić information content (AvgIpc) is 2.87. The fraction of sp³-hybridized carbons (Fsp3) is 0.600. The van der Waals surface area contributed by atoms with Crippen molar-refractivity contribution < 1.29 is 14.3 Å². The summed E-state index contributed by atoms with van der Waals surface area (Å²) in [6.07, 6.45) is 3.74. The topological polar surface area (TPSA) is 58.6 Å². The molecule has 5 heteroatoms. The third-order valence-electron chi connectivity index (χ3n) is 5.67. The van der Waals surface area contributed by atoms with Gasteiger partial charge in [-0.3, -0.25) is 9.59 Å². The number of ether oxygens (including phenoxy) is 1. The molecule has 1 aromatic carbocycles. The number of nitrogens with one attached hydrogen (secondary N) is 1. The minimum atomic E-state index is -0.406. The van der Waals surface area contributed by atoms with Crippen molar-refractivity contribution in [2.24, 2.45) is 11.8 Å². The number of anilines is 1. The molecule has 4 atom stereocenters. The predicted molar refractivity (Wildman–Crippen MR) is 97.6 cm³/mol. The second-order valence-corrected chi connectivity index (χ2v) is 7.29. The second-order valence-electron chi connectivity index (χ2n) is 7.29. The molecule has 0 radical (unpaired) electrons. The van der Waals surface area contributed by atoms with Crippen molar-refractivity contribution in [3.05, 3.63) is 24.3 Å². The lowest BCUT2D eigenvalue weighted by Crippen LogP contribution is -2.48. The van der Waals surface area contributed by atoms with E-state index in [4.69, 9.17) is 4.74 Å². The molecule has 0 aromatic heterocycles. The van der Waals surface area contributed by atoms with Gasteiger partial charge in [-0.25, -0.2) is 4.90 Å². The number of imide groups is 1. The fourth-order valence-electron chi connectivity index (χ4n) is 3.97. The van der Waals surface area contributed by atoms with Crippen LogP contribution in [-0.2, 0) is 9.59 Å². The van der Waals surface area contributed by atoms with E-state index in [0.29, 0.717) is 30.2 Å². The molecule has 136 valence electrons. The standard InChI is InChI=1S/C20H28N2O3/c1-4-25-16-10-8-15(9-11-16)22-19(23)12-18(20(22)24)21-17-7-5-6-13(2)14(17)3/h8-11,13-14,17-18,21H,4-7,12H2,1-3H3/t13-,14-,17+,18+/m0/s1. The van der Waals surface area contributed by atoms with Crippen LogP contribution in [0.15, 0.2) is 24.3 Å². The van der Waals surface area contributed by atoms with Crippen molar-refractivity contribution in [1.29, 1.82) is 0 Å². The van der Waals surface area contributed by atoms with Crippen LogP contribution < -0.4 is 15.0 Å². The van der Waals surface area contributed by atoms with Gasteiger partial charge in [-0.1, -0.05) is 26.7 Å². The van der Waals surface area contributed by atoms with Gasteiger partial charge in [-0.15, -0.1) is 0 Å². The smallest absolute Gasteiger partial charge is 0.251 e. The SMILES string of the molecule is CCOc1ccc(N2C(=O)C[C@@H](N[C@@H]3CCC[C@H](C)[C@@H]3C)C2=O)cc1. The summed E-state index contributed by atoms with van der Waals surface area (Å²) in [5, 5.41) is 3.47. The van der Waals surface area contributed by atoms with Crippen LogP contribution in [0.3, 0.4) is 0 Å². The highest BCUT2D eigenvalue weighted by Gasteiger charge is 2.41. The third-order valence-corrected chi connectivity index (χ3v) is 5.67. The molecule has 0 spiro atoms. The Morgan fingerprint density at radius 2 is 1.88 bits per heavy atom. The van der Waals surface area contributed by atoms with Crippen LogP contribution in [0.4, 0.5) is 5.69 Å². The first kappa shape index (κ1) is 17.9. The van der Waals surface area contributed by atoms with E-state index in [1.807, 2.05) is 6.92 Å². The molecule has 0 unspecified atom stereocenters. The van der Waals surface area contributed by atoms with Gasteiger partial charge in [0, 0.05) is 6.04 Å². The Balaban J connectivity index is 1.69. The lowest BCUT2D eigenvalue weighted by molar-refractivity contribution is -0.121. The summed E-state index contributed by atoms with van der Waals surface area (Å²) in [6.45, 7) is 7.02. The van der Waals surface area contributed by atoms with Crippen LogP contribution in [0.25, 0.3) is 0 Å². The molecule has 2 fully saturated rings. The van der Waals surface area contributed by atoms with E-state index >= 15 is 0 Å². The quantitative estimate of drug-likeness (QED) is 0.834. The normalized spacial score (nSPS) is 30.0. The van der Waals surface area contributed by atoms with Gasteiger partial charge in [-0.05, 0) is 49.4 Å². The van der Waals surface area contributed by atoms with Crippen LogP contribution >= 0.6 is 0 Å². The van der Waals surface area contributed by atoms with E-state index < -0.39 is 6.04 Å². The first-order valence-electron chi connectivity index (χ1n) is 9.37. The molecule has 1 heterocycles. The molecule has 1 aliphatic carbocycles. The molecular formula is C20H28N2O3. The molecular weight excluding hydrogens is 316 g/mol. The zero-order valence-corrected chi connectivity index (χ0v) is 15.3. The van der Waals surface area contributed by atoms with E-state index in [9.17, 15) is 9.59 Å². The van der Waals surface area contributed by atoms with Crippen molar-refractivity contribution in [3.8, 4) is 5.75 Å². The lowest BCUT2D eigenvalue weighted by Gasteiger charge is -2.36. The molecule has 1 saturated carbocycles. The molecule has 1 aliphatic heterocycles. The summed E-state index contributed by atoms with van der Waals surface area (Å²) in [5.41, 5.74) is 0.618. The van der Waals surface area contributed by atoms with Crippen LogP contribution in [0.2, 0.25) is 0 Å². The summed E-state index contributed by atoms with van der Waals surface area (Å²) >= 11 is 0. The maximum atomic E-state index is 12.8. The molecule has 1 saturated heterocycles. The Hall–Kier alpha value is -1.88. The zero-order chi connectivity index (χ0) is 18.0. The monoisotopic (exact) mass is 344 g/mol. The molecule has 3 rings (SSSR count). The molecule has 1 N–H and O–H groups in total. The summed E-state index contributed by atoms with van der Waals surface area (Å²) < 4.78 is 5.42. The third kappa shape index (κ3) is 3.71. The van der Waals surface area contributed by atoms with Crippen LogP contribution in [0, 0.1) is 11.8 Å². The Morgan fingerprint density at radius 1 is 1.16 bits per heavy atom. The van der Waals surface area contributed by atoms with Crippen LogP contribution in [0.1, 0.15) is 46.5 Å². The number of carbonyl (C=O) groups excluding carboxylic acids is 2. The van der Waals surface area contributed by atoms with Gasteiger partial charge in [-0.2, -0.15) is 0 Å². The Bertz CT molecular complexity index is 628. The number of carbonyl (C=O) groups is 2. The first-order chi connectivity index (χ1) is 12.0. The summed E-state index contributed by atoms with van der Waals surface area (Å²) in [4.78, 5) is 26.5. The van der Waals surface area contributed by atoms with E-state index in [1.54, 1.807) is 24.3 Å². The summed E-state index contributed by atoms with van der Waals surface area (Å²) in [6, 6.07) is 7.04. The second kappa shape index (κ2) is 7.56. The van der Waals surface area contributed by atoms with Crippen molar-refractivity contribution in [1.82, 2.24) is 5.32 Å². The summed E-state index contributed by atoms with van der Waals surface area (Å²) in [7, 11) is 0. The molecule has 2 aliphatic rings. The van der Waals surface area contributed by atoms with Crippen LogP contribution in [0.5, 0.6) is 5.75 Å². The number of benzene rings is 1. The molecule has 0 bridgehead atoms. The zero-order valence-electron chi connectivity index (χ0n) is 15.3. The molecule has 2 amide bonds. The number of hydrogen-bond donors (Lipinski definition) is 1. The minimum Gasteiger partial charge on any atom is -0.494 e. The van der Waals surface area contributed by atoms with Gasteiger partial charge in [0.05, 0.1) is 24.8 Å². The largest absolute Gasteiger partial charge is 0.494 e. The van der Waals surface area contributed by atoms with Gasteiger partial charge in [0.15, 0.2) is 0 Å². The van der Waals surface area contributed by atoms with E-state index in [1.165, 1.54) is 17.7 Å². The number of nitrogens with zero attached hydrogens (tertiary/aromatic N) is 1. The highest BCUT2D eigenvalue weighted by atomic mass is 16.5. The number of hydrogen-bond acceptors (Lipinski definition) is 4. The van der Waals surface area contributed by atoms with Crippen molar-refractivity contribution >= 4 is 17.5 Å². The highest BCUT2D eigenvalue weighted by molar-refractivity contribution is 6.22. The van der Waals surface area contributed by atoms with Gasteiger partial charge >= 0.3 is 0 Å². The van der Waals surface area contributed by atoms with E-state index in [-0.39, 0.29) is 18.2 Å². The van der Waals surface area contributed by atoms with Crippen molar-refractivity contribution in [2.75, 3.05) is 11.5 Å². The first-order valence-corrected chi connectivity index (χ1v) is 9.37. The maximum absolute atomic E-state index is 12.8. The Kier molecular flexibility index (Phi) is 5.42. The number of rotatable bonds is 5. The molecule has 25 heavy (non-hydrogen) atoms. The van der Waals surface area contributed by atoms with Gasteiger partial charge in [0.2, 0.25) is 5.91 Å². The fourth-order valence-corrected chi connectivity index (χ4v) is 3.97. The Morgan fingerprint density at radius 3 is 2.56 bits per heavy atom. The van der Waals surface area contributed by atoms with E-state index in [0.717, 1.165) is 12.2 Å². The Labute approximate surface area is 149 Å². The van der Waals surface area contributed by atoms with Crippen molar-refractivity contribution in [2.45, 2.75) is 58.5 Å². The molecule has 1 aromatic rings. The highest BCUT2D eigenvalue weighted by Crippen LogP contribution is 2.31. The average molecular weight is 344 g/mol. The minimum absolute atomic E-state index is 0.136. The number of amides is 2. The van der Waals surface area contributed by atoms with Gasteiger partial charge in [0.25, 0.3) is 5.91 Å². The van der Waals surface area contributed by atoms with Gasteiger partial charge < -0.3 is 10.1 Å². The predicted octanol–water partition coefficient (Wildman–Crippen LogP) is 3.13. The van der Waals surface area contributed by atoms with Crippen molar-refractivity contribution in [3.63, 3.8) is 0 Å². The summed E-state index contributed by atoms with van der Waals surface area (Å²) in [5.74, 6) is 1.64. The van der Waals surface area contributed by atoms with E-state index in [2.05, 4.69) is 19.2 Å². The van der Waals surface area contributed by atoms with Gasteiger partial charge in [0.1, 0.15) is 5.75 Å². The maximum Gasteiger partial charge on any atom is 0.251 e. The van der Waals surface area contributed by atoms with Crippen LogP contribution in [-0.4, -0.2) is 30.5 Å².